The SMILES string of the molecule is CN(C)Cc1nc2ccc(Br)cc2n1COCCS(C)(C)C. The van der Waals surface area contributed by atoms with Crippen LogP contribution in [0.5, 0.6) is 0 Å². The molecular formula is C16H26BrN3OS. The van der Waals surface area contributed by atoms with Gasteiger partial charge in [0.15, 0.2) is 0 Å². The number of halogens is 1. The second-order valence-electron chi connectivity index (χ2n) is 6.66. The van der Waals surface area contributed by atoms with Gasteiger partial charge >= 0.3 is 0 Å². The molecule has 6 heteroatoms. The van der Waals surface area contributed by atoms with Crippen molar-refractivity contribution >= 4 is 37.0 Å². The molecule has 0 atom stereocenters. The van der Waals surface area contributed by atoms with Gasteiger partial charge in [-0.05, 0) is 51.1 Å². The fourth-order valence-electron chi connectivity index (χ4n) is 2.16. The zero-order chi connectivity index (χ0) is 16.3. The standard InChI is InChI=1S/C16H26BrN3OS/c1-19(2)11-16-18-14-7-6-13(17)10-15(14)20(16)12-21-8-9-22(3,4)5/h6-7,10H,8-9,11-12H2,1-5H3. The number of imidazole rings is 1. The first-order valence-electron chi connectivity index (χ1n) is 7.29. The van der Waals surface area contributed by atoms with E-state index < -0.39 is 10.0 Å². The number of nitrogens with zero attached hydrogens (tertiary/aromatic N) is 3. The Bertz CT molecular complexity index is 634. The second kappa shape index (κ2) is 7.34. The molecule has 0 unspecified atom stereocenters. The molecular weight excluding hydrogens is 362 g/mol. The van der Waals surface area contributed by atoms with Crippen LogP contribution >= 0.6 is 26.0 Å². The van der Waals surface area contributed by atoms with Gasteiger partial charge in [0.05, 0.1) is 24.2 Å². The Hall–Kier alpha value is -0.560. The summed E-state index contributed by atoms with van der Waals surface area (Å²) in [7, 11) is 3.61. The third kappa shape index (κ3) is 4.98. The Morgan fingerprint density at radius 1 is 1.27 bits per heavy atom. The molecule has 1 heterocycles. The highest BCUT2D eigenvalue weighted by Gasteiger charge is 2.12. The number of ether oxygens (including phenoxy) is 1. The number of benzene rings is 1. The van der Waals surface area contributed by atoms with Crippen LogP contribution in [0.2, 0.25) is 0 Å². The van der Waals surface area contributed by atoms with Crippen molar-refractivity contribution in [3.63, 3.8) is 0 Å². The highest BCUT2D eigenvalue weighted by molar-refractivity contribution is 9.10. The minimum Gasteiger partial charge on any atom is -0.360 e. The van der Waals surface area contributed by atoms with Crippen LogP contribution < -0.4 is 0 Å². The molecule has 0 aliphatic heterocycles. The molecule has 4 nitrogen and oxygen atoms in total. The van der Waals surface area contributed by atoms with Crippen LogP contribution in [0.25, 0.3) is 11.0 Å². The number of rotatable bonds is 7. The maximum atomic E-state index is 5.93. The maximum absolute atomic E-state index is 5.93. The quantitative estimate of drug-likeness (QED) is 0.680. The monoisotopic (exact) mass is 387 g/mol. The van der Waals surface area contributed by atoms with Crippen LogP contribution in [0.3, 0.4) is 0 Å². The molecule has 2 rings (SSSR count). The first-order valence-corrected chi connectivity index (χ1v) is 11.1. The molecule has 0 spiro atoms. The molecule has 0 aliphatic carbocycles. The van der Waals surface area contributed by atoms with E-state index in [1.807, 2.05) is 12.1 Å². The summed E-state index contributed by atoms with van der Waals surface area (Å²) in [5, 5.41) is 0. The summed E-state index contributed by atoms with van der Waals surface area (Å²) in [5.41, 5.74) is 2.14. The van der Waals surface area contributed by atoms with Crippen LogP contribution in [-0.4, -0.2) is 59.7 Å². The Labute approximate surface area is 143 Å². The fraction of sp³-hybridized carbons (Fsp3) is 0.562. The molecule has 22 heavy (non-hydrogen) atoms. The zero-order valence-electron chi connectivity index (χ0n) is 14.1. The topological polar surface area (TPSA) is 30.3 Å². The van der Waals surface area contributed by atoms with Crippen molar-refractivity contribution in [2.75, 3.05) is 45.2 Å². The van der Waals surface area contributed by atoms with E-state index >= 15 is 0 Å². The van der Waals surface area contributed by atoms with Crippen molar-refractivity contribution < 1.29 is 4.74 Å². The molecule has 1 aromatic heterocycles. The van der Waals surface area contributed by atoms with Gasteiger partial charge in [-0.1, -0.05) is 15.9 Å². The zero-order valence-corrected chi connectivity index (χ0v) is 16.5. The van der Waals surface area contributed by atoms with E-state index in [2.05, 4.69) is 64.3 Å². The maximum Gasteiger partial charge on any atom is 0.125 e. The fourth-order valence-corrected chi connectivity index (χ4v) is 3.12. The molecule has 2 aromatic rings. The van der Waals surface area contributed by atoms with Crippen LogP contribution in [0, 0.1) is 0 Å². The summed E-state index contributed by atoms with van der Waals surface area (Å²) < 4.78 is 9.18. The average molecular weight is 388 g/mol. The van der Waals surface area contributed by atoms with E-state index in [1.165, 1.54) is 0 Å². The van der Waals surface area contributed by atoms with E-state index in [-0.39, 0.29) is 0 Å². The number of fused-ring (bicyclic) bond motifs is 1. The Morgan fingerprint density at radius 2 is 2.00 bits per heavy atom. The van der Waals surface area contributed by atoms with Gasteiger partial charge in [0.25, 0.3) is 0 Å². The normalized spacial score (nSPS) is 13.2. The summed E-state index contributed by atoms with van der Waals surface area (Å²) in [6, 6.07) is 6.19. The van der Waals surface area contributed by atoms with Gasteiger partial charge in [0.2, 0.25) is 0 Å². The smallest absolute Gasteiger partial charge is 0.125 e. The lowest BCUT2D eigenvalue weighted by atomic mass is 10.3. The van der Waals surface area contributed by atoms with E-state index in [0.717, 1.165) is 40.2 Å². The molecule has 0 saturated heterocycles. The number of hydrogen-bond donors (Lipinski definition) is 0. The predicted molar refractivity (Wildman–Crippen MR) is 101 cm³/mol. The highest BCUT2D eigenvalue weighted by Crippen LogP contribution is 2.33. The first-order chi connectivity index (χ1) is 10.3. The third-order valence-corrected chi connectivity index (χ3v) is 5.19. The Morgan fingerprint density at radius 3 is 2.64 bits per heavy atom. The average Bonchev–Trinajstić information content (AvgIpc) is 2.70. The van der Waals surface area contributed by atoms with Crippen molar-refractivity contribution in [1.29, 1.82) is 0 Å². The summed E-state index contributed by atoms with van der Waals surface area (Å²) >= 11 is 3.55. The van der Waals surface area contributed by atoms with Gasteiger partial charge in [-0.3, -0.25) is 0 Å². The van der Waals surface area contributed by atoms with Crippen molar-refractivity contribution in [1.82, 2.24) is 14.5 Å². The molecule has 0 N–H and O–H groups in total. The molecule has 124 valence electrons. The lowest BCUT2D eigenvalue weighted by Gasteiger charge is -2.24. The summed E-state index contributed by atoms with van der Waals surface area (Å²) in [4.78, 5) is 6.88. The van der Waals surface area contributed by atoms with E-state index in [4.69, 9.17) is 9.72 Å². The molecule has 0 radical (unpaired) electrons. The molecule has 0 amide bonds. The van der Waals surface area contributed by atoms with Crippen LogP contribution in [0.15, 0.2) is 22.7 Å². The number of hydrogen-bond acceptors (Lipinski definition) is 3. The van der Waals surface area contributed by atoms with Crippen molar-refractivity contribution in [3.05, 3.63) is 28.5 Å². The van der Waals surface area contributed by atoms with Crippen LogP contribution in [-0.2, 0) is 18.0 Å². The van der Waals surface area contributed by atoms with Gasteiger partial charge in [-0.15, -0.1) is 0 Å². The predicted octanol–water partition coefficient (Wildman–Crippen LogP) is 3.53. The van der Waals surface area contributed by atoms with E-state index in [9.17, 15) is 0 Å². The summed E-state index contributed by atoms with van der Waals surface area (Å²) in [6.45, 7) is 2.17. The molecule has 0 bridgehead atoms. The third-order valence-electron chi connectivity index (χ3n) is 3.31. The second-order valence-corrected chi connectivity index (χ2v) is 12.2. The summed E-state index contributed by atoms with van der Waals surface area (Å²) in [5.74, 6) is 2.17. The number of aromatic nitrogens is 2. The molecule has 0 fully saturated rings. The largest absolute Gasteiger partial charge is 0.360 e. The minimum absolute atomic E-state index is 0.509. The highest BCUT2D eigenvalue weighted by atomic mass is 79.9. The van der Waals surface area contributed by atoms with Crippen molar-refractivity contribution in [2.24, 2.45) is 0 Å². The Kier molecular flexibility index (Phi) is 5.94. The first kappa shape index (κ1) is 17.8. The van der Waals surface area contributed by atoms with Crippen LogP contribution in [0.4, 0.5) is 0 Å². The lowest BCUT2D eigenvalue weighted by molar-refractivity contribution is 0.0890. The van der Waals surface area contributed by atoms with E-state index in [1.54, 1.807) is 0 Å². The Balaban J connectivity index is 2.19. The summed E-state index contributed by atoms with van der Waals surface area (Å²) in [6.07, 6.45) is 6.95. The van der Waals surface area contributed by atoms with Gasteiger partial charge in [0, 0.05) is 10.2 Å². The van der Waals surface area contributed by atoms with Gasteiger partial charge < -0.3 is 14.2 Å². The molecule has 1 aromatic carbocycles. The lowest BCUT2D eigenvalue weighted by Crippen LogP contribution is -2.17. The van der Waals surface area contributed by atoms with Gasteiger partial charge in [-0.2, -0.15) is 0 Å². The van der Waals surface area contributed by atoms with Crippen molar-refractivity contribution in [3.8, 4) is 0 Å². The van der Waals surface area contributed by atoms with Gasteiger partial charge in [-0.25, -0.2) is 15.0 Å². The van der Waals surface area contributed by atoms with Crippen molar-refractivity contribution in [2.45, 2.75) is 13.3 Å². The van der Waals surface area contributed by atoms with E-state index in [0.29, 0.717) is 6.73 Å². The van der Waals surface area contributed by atoms with Gasteiger partial charge in [0.1, 0.15) is 12.6 Å². The minimum atomic E-state index is -0.509. The van der Waals surface area contributed by atoms with Crippen LogP contribution in [0.1, 0.15) is 5.82 Å². The molecule has 0 saturated carbocycles. The molecule has 0 aliphatic rings.